The molecule has 1 aliphatic rings. The highest BCUT2D eigenvalue weighted by atomic mass is 15.2. The van der Waals surface area contributed by atoms with Crippen LogP contribution < -0.4 is 5.32 Å². The Morgan fingerprint density at radius 3 is 2.60 bits per heavy atom. The lowest BCUT2D eigenvalue weighted by Gasteiger charge is -2.43. The highest BCUT2D eigenvalue weighted by Crippen LogP contribution is 2.23. The molecular weight excluding hydrogens is 184 g/mol. The molecule has 2 nitrogen and oxygen atoms in total. The first-order valence-corrected chi connectivity index (χ1v) is 6.42. The van der Waals surface area contributed by atoms with Gasteiger partial charge in [0.25, 0.3) is 0 Å². The van der Waals surface area contributed by atoms with E-state index in [1.54, 1.807) is 0 Å². The molecule has 0 aromatic carbocycles. The molecule has 0 spiro atoms. The fraction of sp³-hybridized carbons (Fsp3) is 1.00. The van der Waals surface area contributed by atoms with Crippen molar-refractivity contribution in [3.05, 3.63) is 0 Å². The van der Waals surface area contributed by atoms with Crippen molar-refractivity contribution in [3.8, 4) is 0 Å². The number of hydrogen-bond donors (Lipinski definition) is 1. The molecular formula is C13H28N2. The van der Waals surface area contributed by atoms with E-state index in [-0.39, 0.29) is 0 Å². The Morgan fingerprint density at radius 1 is 1.40 bits per heavy atom. The molecule has 2 unspecified atom stereocenters. The monoisotopic (exact) mass is 212 g/mol. The summed E-state index contributed by atoms with van der Waals surface area (Å²) in [6.45, 7) is 15.2. The van der Waals surface area contributed by atoms with Gasteiger partial charge in [-0.25, -0.2) is 0 Å². The molecule has 0 aliphatic carbocycles. The third-order valence-corrected chi connectivity index (χ3v) is 3.58. The maximum absolute atomic E-state index is 3.64. The minimum absolute atomic E-state index is 0.380. The summed E-state index contributed by atoms with van der Waals surface area (Å²) in [6.07, 6.45) is 2.63. The number of hydrogen-bond acceptors (Lipinski definition) is 2. The van der Waals surface area contributed by atoms with Crippen molar-refractivity contribution in [3.63, 3.8) is 0 Å². The number of nitrogens with one attached hydrogen (secondary N) is 1. The van der Waals surface area contributed by atoms with Crippen molar-refractivity contribution in [2.75, 3.05) is 19.6 Å². The van der Waals surface area contributed by atoms with E-state index in [9.17, 15) is 0 Å². The molecule has 1 heterocycles. The summed E-state index contributed by atoms with van der Waals surface area (Å²) in [4.78, 5) is 2.65. The van der Waals surface area contributed by atoms with Crippen molar-refractivity contribution in [1.29, 1.82) is 0 Å². The second-order valence-electron chi connectivity index (χ2n) is 6.01. The molecule has 0 saturated carbocycles. The summed E-state index contributed by atoms with van der Waals surface area (Å²) in [5.41, 5.74) is 0.380. The molecule has 2 heteroatoms. The molecule has 2 atom stereocenters. The summed E-state index contributed by atoms with van der Waals surface area (Å²) in [5.74, 6) is 0. The topological polar surface area (TPSA) is 15.3 Å². The van der Waals surface area contributed by atoms with E-state index in [4.69, 9.17) is 0 Å². The molecule has 0 aromatic rings. The molecule has 0 radical (unpaired) electrons. The van der Waals surface area contributed by atoms with Gasteiger partial charge in [0.05, 0.1) is 0 Å². The Kier molecular flexibility index (Phi) is 4.60. The Labute approximate surface area is 95.4 Å². The standard InChI is InChI=1S/C13H28N2/c1-6-7-11(2)15-9-8-14-12(10-15)13(3,4)5/h11-12,14H,6-10H2,1-5H3. The fourth-order valence-electron chi connectivity index (χ4n) is 2.35. The quantitative estimate of drug-likeness (QED) is 0.773. The Bertz CT molecular complexity index is 183. The molecule has 90 valence electrons. The first kappa shape index (κ1) is 13.0. The largest absolute Gasteiger partial charge is 0.311 e. The van der Waals surface area contributed by atoms with Crippen molar-refractivity contribution in [2.45, 2.75) is 59.5 Å². The van der Waals surface area contributed by atoms with E-state index in [2.05, 4.69) is 44.8 Å². The van der Waals surface area contributed by atoms with E-state index >= 15 is 0 Å². The zero-order valence-electron chi connectivity index (χ0n) is 11.1. The van der Waals surface area contributed by atoms with Gasteiger partial charge in [-0.1, -0.05) is 34.1 Å². The Morgan fingerprint density at radius 2 is 2.07 bits per heavy atom. The van der Waals surface area contributed by atoms with Gasteiger partial charge >= 0.3 is 0 Å². The lowest BCUT2D eigenvalue weighted by molar-refractivity contribution is 0.100. The predicted molar refractivity (Wildman–Crippen MR) is 67.2 cm³/mol. The fourth-order valence-corrected chi connectivity index (χ4v) is 2.35. The molecule has 1 fully saturated rings. The van der Waals surface area contributed by atoms with Crippen LogP contribution in [0.25, 0.3) is 0 Å². The van der Waals surface area contributed by atoms with Gasteiger partial charge in [0.2, 0.25) is 0 Å². The van der Waals surface area contributed by atoms with Crippen molar-refractivity contribution >= 4 is 0 Å². The summed E-state index contributed by atoms with van der Waals surface area (Å²) >= 11 is 0. The molecule has 0 amide bonds. The Hall–Kier alpha value is -0.0800. The normalized spacial score (nSPS) is 26.6. The van der Waals surface area contributed by atoms with Gasteiger partial charge in [0.1, 0.15) is 0 Å². The molecule has 0 bridgehead atoms. The number of nitrogens with zero attached hydrogens (tertiary/aromatic N) is 1. The van der Waals surface area contributed by atoms with E-state index < -0.39 is 0 Å². The average molecular weight is 212 g/mol. The van der Waals surface area contributed by atoms with Gasteiger partial charge in [-0.05, 0) is 18.8 Å². The minimum Gasteiger partial charge on any atom is -0.311 e. The lowest BCUT2D eigenvalue weighted by atomic mass is 9.85. The zero-order valence-corrected chi connectivity index (χ0v) is 11.1. The number of rotatable bonds is 3. The van der Waals surface area contributed by atoms with Crippen molar-refractivity contribution in [1.82, 2.24) is 10.2 Å². The van der Waals surface area contributed by atoms with Crippen LogP contribution in [0.2, 0.25) is 0 Å². The third-order valence-electron chi connectivity index (χ3n) is 3.58. The lowest BCUT2D eigenvalue weighted by Crippen LogP contribution is -2.57. The molecule has 1 aliphatic heterocycles. The summed E-state index contributed by atoms with van der Waals surface area (Å²) in [5, 5.41) is 3.64. The second kappa shape index (κ2) is 5.31. The molecule has 1 saturated heterocycles. The minimum atomic E-state index is 0.380. The van der Waals surface area contributed by atoms with Crippen LogP contribution >= 0.6 is 0 Å². The molecule has 15 heavy (non-hydrogen) atoms. The van der Waals surface area contributed by atoms with Crippen LogP contribution in [-0.4, -0.2) is 36.6 Å². The van der Waals surface area contributed by atoms with Crippen molar-refractivity contribution in [2.24, 2.45) is 5.41 Å². The van der Waals surface area contributed by atoms with Gasteiger partial charge in [-0.3, -0.25) is 4.90 Å². The second-order valence-corrected chi connectivity index (χ2v) is 6.01. The van der Waals surface area contributed by atoms with Crippen LogP contribution in [0.5, 0.6) is 0 Å². The average Bonchev–Trinajstić information content (AvgIpc) is 2.17. The molecule has 1 rings (SSSR count). The van der Waals surface area contributed by atoms with Crippen LogP contribution in [0.15, 0.2) is 0 Å². The maximum atomic E-state index is 3.64. The predicted octanol–water partition coefficient (Wildman–Crippen LogP) is 2.49. The van der Waals surface area contributed by atoms with E-state index in [0.29, 0.717) is 11.5 Å². The third kappa shape index (κ3) is 3.76. The molecule has 1 N–H and O–H groups in total. The summed E-state index contributed by atoms with van der Waals surface area (Å²) < 4.78 is 0. The summed E-state index contributed by atoms with van der Waals surface area (Å²) in [6, 6.07) is 1.40. The first-order valence-electron chi connectivity index (χ1n) is 6.42. The van der Waals surface area contributed by atoms with Crippen LogP contribution in [-0.2, 0) is 0 Å². The van der Waals surface area contributed by atoms with Gasteiger partial charge < -0.3 is 5.32 Å². The zero-order chi connectivity index (χ0) is 11.5. The van der Waals surface area contributed by atoms with E-state index in [1.165, 1.54) is 25.9 Å². The van der Waals surface area contributed by atoms with Gasteiger partial charge in [0.15, 0.2) is 0 Å². The number of piperazine rings is 1. The highest BCUT2D eigenvalue weighted by Gasteiger charge is 2.30. The maximum Gasteiger partial charge on any atom is 0.0244 e. The van der Waals surface area contributed by atoms with Crippen molar-refractivity contribution < 1.29 is 0 Å². The first-order chi connectivity index (χ1) is 6.95. The SMILES string of the molecule is CCCC(C)N1CCNC(C(C)(C)C)C1. The van der Waals surface area contributed by atoms with Crippen LogP contribution in [0.3, 0.4) is 0 Å². The van der Waals surface area contributed by atoms with E-state index in [1.807, 2.05) is 0 Å². The van der Waals surface area contributed by atoms with E-state index in [0.717, 1.165) is 12.6 Å². The van der Waals surface area contributed by atoms with Gasteiger partial charge in [-0.2, -0.15) is 0 Å². The Balaban J connectivity index is 2.48. The summed E-state index contributed by atoms with van der Waals surface area (Å²) in [7, 11) is 0. The highest BCUT2D eigenvalue weighted by molar-refractivity contribution is 4.88. The van der Waals surface area contributed by atoms with Crippen LogP contribution in [0.1, 0.15) is 47.5 Å². The molecule has 0 aromatic heterocycles. The smallest absolute Gasteiger partial charge is 0.0244 e. The van der Waals surface area contributed by atoms with Crippen LogP contribution in [0.4, 0.5) is 0 Å². The van der Waals surface area contributed by atoms with Gasteiger partial charge in [-0.15, -0.1) is 0 Å². The van der Waals surface area contributed by atoms with Gasteiger partial charge in [0, 0.05) is 31.7 Å². The van der Waals surface area contributed by atoms with Crippen LogP contribution in [0, 0.1) is 5.41 Å².